The number of rotatable bonds is 5. The fourth-order valence-electron chi connectivity index (χ4n) is 3.27. The lowest BCUT2D eigenvalue weighted by atomic mass is 10.1. The summed E-state index contributed by atoms with van der Waals surface area (Å²) in [4.78, 5) is 17.4. The standard InChI is InChI=1S/C22H22N2O2S/c25-22(24-13-11-23(12-14-24)16-18-10-15-27-17-18)20-8-4-5-9-21(20)26-19-6-2-1-3-7-19/h1-10,15,17H,11-14,16H2. The van der Waals surface area contributed by atoms with Crippen LogP contribution in [0, 0.1) is 0 Å². The molecule has 4 nitrogen and oxygen atoms in total. The van der Waals surface area contributed by atoms with Crippen LogP contribution in [-0.4, -0.2) is 41.9 Å². The number of carbonyl (C=O) groups is 1. The van der Waals surface area contributed by atoms with Crippen LogP contribution in [0.15, 0.2) is 71.4 Å². The molecule has 3 aromatic rings. The van der Waals surface area contributed by atoms with Crippen LogP contribution in [0.25, 0.3) is 0 Å². The van der Waals surface area contributed by atoms with Gasteiger partial charge in [0, 0.05) is 32.7 Å². The van der Waals surface area contributed by atoms with Crippen molar-refractivity contribution in [3.05, 3.63) is 82.6 Å². The van der Waals surface area contributed by atoms with Crippen LogP contribution in [0.2, 0.25) is 0 Å². The largest absolute Gasteiger partial charge is 0.457 e. The predicted octanol–water partition coefficient (Wildman–Crippen LogP) is 4.50. The molecule has 27 heavy (non-hydrogen) atoms. The molecule has 1 aliphatic heterocycles. The van der Waals surface area contributed by atoms with Gasteiger partial charge in [0.05, 0.1) is 5.56 Å². The maximum atomic E-state index is 13.1. The summed E-state index contributed by atoms with van der Waals surface area (Å²) >= 11 is 1.73. The first-order chi connectivity index (χ1) is 13.3. The number of benzene rings is 2. The normalized spacial score (nSPS) is 14.9. The summed E-state index contributed by atoms with van der Waals surface area (Å²) in [5.41, 5.74) is 1.97. The Morgan fingerprint density at radius 2 is 1.67 bits per heavy atom. The molecule has 0 saturated carbocycles. The molecule has 1 saturated heterocycles. The maximum absolute atomic E-state index is 13.1. The van der Waals surface area contributed by atoms with Crippen LogP contribution in [0.5, 0.6) is 11.5 Å². The average molecular weight is 378 g/mol. The van der Waals surface area contributed by atoms with E-state index in [1.54, 1.807) is 11.3 Å². The summed E-state index contributed by atoms with van der Waals surface area (Å²) in [6.45, 7) is 4.22. The van der Waals surface area contributed by atoms with Crippen molar-refractivity contribution in [1.29, 1.82) is 0 Å². The molecule has 0 radical (unpaired) electrons. The Balaban J connectivity index is 1.41. The van der Waals surface area contributed by atoms with E-state index in [1.165, 1.54) is 5.56 Å². The van der Waals surface area contributed by atoms with Gasteiger partial charge in [-0.25, -0.2) is 0 Å². The Hall–Kier alpha value is -2.63. The lowest BCUT2D eigenvalue weighted by Gasteiger charge is -2.34. The summed E-state index contributed by atoms with van der Waals surface area (Å²) in [5.74, 6) is 1.38. The van der Waals surface area contributed by atoms with Crippen molar-refractivity contribution in [2.75, 3.05) is 26.2 Å². The molecular formula is C22H22N2O2S. The van der Waals surface area contributed by atoms with Gasteiger partial charge < -0.3 is 9.64 Å². The van der Waals surface area contributed by atoms with Crippen molar-refractivity contribution in [1.82, 2.24) is 9.80 Å². The number of hydrogen-bond donors (Lipinski definition) is 0. The molecule has 1 aliphatic rings. The van der Waals surface area contributed by atoms with Crippen molar-refractivity contribution < 1.29 is 9.53 Å². The number of carbonyl (C=O) groups excluding carboxylic acids is 1. The van der Waals surface area contributed by atoms with E-state index in [1.807, 2.05) is 59.5 Å². The molecule has 0 atom stereocenters. The topological polar surface area (TPSA) is 32.8 Å². The number of hydrogen-bond acceptors (Lipinski definition) is 4. The molecule has 0 N–H and O–H groups in total. The Labute approximate surface area is 163 Å². The fourth-order valence-corrected chi connectivity index (χ4v) is 3.93. The number of thiophene rings is 1. The molecule has 2 aromatic carbocycles. The smallest absolute Gasteiger partial charge is 0.257 e. The molecule has 0 aliphatic carbocycles. The van der Waals surface area contributed by atoms with Gasteiger partial charge in [0.1, 0.15) is 11.5 Å². The van der Waals surface area contributed by atoms with Crippen molar-refractivity contribution in [2.45, 2.75) is 6.54 Å². The predicted molar refractivity (Wildman–Crippen MR) is 108 cm³/mol. The van der Waals surface area contributed by atoms with Gasteiger partial charge in [-0.05, 0) is 46.7 Å². The molecule has 0 unspecified atom stereocenters. The van der Waals surface area contributed by atoms with Gasteiger partial charge in [-0.15, -0.1) is 0 Å². The minimum Gasteiger partial charge on any atom is -0.457 e. The van der Waals surface area contributed by atoms with E-state index in [0.717, 1.165) is 38.5 Å². The molecule has 2 heterocycles. The summed E-state index contributed by atoms with van der Waals surface area (Å²) < 4.78 is 5.96. The first-order valence-corrected chi connectivity index (χ1v) is 10.1. The van der Waals surface area contributed by atoms with E-state index in [-0.39, 0.29) is 5.91 Å². The second-order valence-corrected chi connectivity index (χ2v) is 7.39. The average Bonchev–Trinajstić information content (AvgIpc) is 3.22. The minimum atomic E-state index is 0.0386. The lowest BCUT2D eigenvalue weighted by Crippen LogP contribution is -2.48. The molecule has 4 rings (SSSR count). The summed E-state index contributed by atoms with van der Waals surface area (Å²) in [6.07, 6.45) is 0. The minimum absolute atomic E-state index is 0.0386. The number of amides is 1. The summed E-state index contributed by atoms with van der Waals surface area (Å²) in [6, 6.07) is 19.2. The van der Waals surface area contributed by atoms with Crippen LogP contribution in [0.1, 0.15) is 15.9 Å². The van der Waals surface area contributed by atoms with Crippen LogP contribution < -0.4 is 4.74 Å². The van der Waals surface area contributed by atoms with Crippen LogP contribution >= 0.6 is 11.3 Å². The van der Waals surface area contributed by atoms with Gasteiger partial charge in [-0.1, -0.05) is 30.3 Å². The zero-order valence-corrected chi connectivity index (χ0v) is 15.9. The molecule has 1 fully saturated rings. The van der Waals surface area contributed by atoms with Crippen molar-refractivity contribution in [3.8, 4) is 11.5 Å². The van der Waals surface area contributed by atoms with Crippen LogP contribution in [0.3, 0.4) is 0 Å². The van der Waals surface area contributed by atoms with Gasteiger partial charge in [0.25, 0.3) is 5.91 Å². The van der Waals surface area contributed by atoms with Gasteiger partial charge >= 0.3 is 0 Å². The van der Waals surface area contributed by atoms with E-state index in [4.69, 9.17) is 4.74 Å². The van der Waals surface area contributed by atoms with Crippen LogP contribution in [0.4, 0.5) is 0 Å². The first kappa shape index (κ1) is 17.8. The number of piperazine rings is 1. The molecule has 0 spiro atoms. The quantitative estimate of drug-likeness (QED) is 0.655. The SMILES string of the molecule is O=C(c1ccccc1Oc1ccccc1)N1CCN(Cc2ccsc2)CC1. The third kappa shape index (κ3) is 4.38. The van der Waals surface area contributed by atoms with E-state index in [0.29, 0.717) is 11.3 Å². The number of nitrogens with zero attached hydrogens (tertiary/aromatic N) is 2. The van der Waals surface area contributed by atoms with Gasteiger partial charge in [-0.3, -0.25) is 9.69 Å². The Morgan fingerprint density at radius 1 is 0.926 bits per heavy atom. The van der Waals surface area contributed by atoms with Crippen molar-refractivity contribution >= 4 is 17.2 Å². The fraction of sp³-hybridized carbons (Fsp3) is 0.227. The lowest BCUT2D eigenvalue weighted by molar-refractivity contribution is 0.0626. The molecule has 1 aromatic heterocycles. The zero-order chi connectivity index (χ0) is 18.5. The Kier molecular flexibility index (Phi) is 5.51. The van der Waals surface area contributed by atoms with Crippen molar-refractivity contribution in [3.63, 3.8) is 0 Å². The molecule has 5 heteroatoms. The third-order valence-electron chi connectivity index (χ3n) is 4.73. The number of para-hydroxylation sites is 2. The molecule has 1 amide bonds. The van der Waals surface area contributed by atoms with E-state index in [2.05, 4.69) is 21.7 Å². The molecule has 138 valence electrons. The molecular weight excluding hydrogens is 356 g/mol. The van der Waals surface area contributed by atoms with Gasteiger partial charge in [0.15, 0.2) is 0 Å². The second kappa shape index (κ2) is 8.37. The Bertz CT molecular complexity index is 872. The highest BCUT2D eigenvalue weighted by molar-refractivity contribution is 7.07. The molecule has 0 bridgehead atoms. The van der Waals surface area contributed by atoms with Gasteiger partial charge in [0.2, 0.25) is 0 Å². The summed E-state index contributed by atoms with van der Waals surface area (Å²) in [7, 11) is 0. The highest BCUT2D eigenvalue weighted by Crippen LogP contribution is 2.26. The monoisotopic (exact) mass is 378 g/mol. The first-order valence-electron chi connectivity index (χ1n) is 9.14. The highest BCUT2D eigenvalue weighted by atomic mass is 32.1. The third-order valence-corrected chi connectivity index (χ3v) is 5.47. The van der Waals surface area contributed by atoms with E-state index < -0.39 is 0 Å². The Morgan fingerprint density at radius 3 is 2.41 bits per heavy atom. The summed E-state index contributed by atoms with van der Waals surface area (Å²) in [5, 5.41) is 4.30. The second-order valence-electron chi connectivity index (χ2n) is 6.61. The van der Waals surface area contributed by atoms with E-state index in [9.17, 15) is 4.79 Å². The highest BCUT2D eigenvalue weighted by Gasteiger charge is 2.24. The van der Waals surface area contributed by atoms with E-state index >= 15 is 0 Å². The maximum Gasteiger partial charge on any atom is 0.257 e. The van der Waals surface area contributed by atoms with Crippen molar-refractivity contribution in [2.24, 2.45) is 0 Å². The zero-order valence-electron chi connectivity index (χ0n) is 15.1. The number of ether oxygens (including phenoxy) is 1. The van der Waals surface area contributed by atoms with Gasteiger partial charge in [-0.2, -0.15) is 11.3 Å². The van der Waals surface area contributed by atoms with Crippen LogP contribution in [-0.2, 0) is 6.54 Å².